The van der Waals surface area contributed by atoms with Crippen molar-refractivity contribution in [3.63, 3.8) is 0 Å². The number of aromatic nitrogens is 4. The summed E-state index contributed by atoms with van der Waals surface area (Å²) in [6.07, 6.45) is -3.03. The van der Waals surface area contributed by atoms with Crippen molar-refractivity contribution in [1.29, 1.82) is 0 Å². The van der Waals surface area contributed by atoms with Gasteiger partial charge in [-0.2, -0.15) is 13.2 Å². The van der Waals surface area contributed by atoms with Gasteiger partial charge in [-0.25, -0.2) is 4.98 Å². The fourth-order valence-corrected chi connectivity index (χ4v) is 3.79. The Labute approximate surface area is 186 Å². The van der Waals surface area contributed by atoms with Crippen molar-refractivity contribution in [2.24, 2.45) is 7.05 Å². The number of hydrogen-bond acceptors (Lipinski definition) is 5. The summed E-state index contributed by atoms with van der Waals surface area (Å²) in [5.41, 5.74) is 1.90. The van der Waals surface area contributed by atoms with E-state index >= 15 is 0 Å². The highest BCUT2D eigenvalue weighted by Gasteiger charge is 2.35. The van der Waals surface area contributed by atoms with Crippen LogP contribution in [0.1, 0.15) is 11.1 Å². The Kier molecular flexibility index (Phi) is 4.98. The van der Waals surface area contributed by atoms with Crippen LogP contribution in [0.5, 0.6) is 0 Å². The smallest absolute Gasteiger partial charge is 0.420 e. The summed E-state index contributed by atoms with van der Waals surface area (Å²) in [6, 6.07) is 17.1. The minimum Gasteiger partial charge on any atom is -0.435 e. The fourth-order valence-electron chi connectivity index (χ4n) is 3.79. The lowest BCUT2D eigenvalue weighted by atomic mass is 9.97. The van der Waals surface area contributed by atoms with Gasteiger partial charge in [0.1, 0.15) is 17.4 Å². The van der Waals surface area contributed by atoms with E-state index in [1.165, 1.54) is 6.07 Å². The first-order chi connectivity index (χ1) is 15.8. The van der Waals surface area contributed by atoms with Crippen LogP contribution in [0.4, 0.5) is 13.2 Å². The third-order valence-electron chi connectivity index (χ3n) is 5.34. The lowest BCUT2D eigenvalue weighted by molar-refractivity contribution is -0.136. The van der Waals surface area contributed by atoms with Crippen LogP contribution in [0.2, 0.25) is 0 Å². The molecule has 0 fully saturated rings. The lowest BCUT2D eigenvalue weighted by Gasteiger charge is -2.10. The van der Waals surface area contributed by atoms with Crippen molar-refractivity contribution in [2.45, 2.75) is 12.8 Å². The number of benzene rings is 3. The van der Waals surface area contributed by atoms with Gasteiger partial charge in [0, 0.05) is 18.2 Å². The van der Waals surface area contributed by atoms with Crippen molar-refractivity contribution in [3.05, 3.63) is 78.1 Å². The molecule has 2 heterocycles. The highest BCUT2D eigenvalue weighted by atomic mass is 19.4. The highest BCUT2D eigenvalue weighted by molar-refractivity contribution is 5.84. The normalized spacial score (nSPS) is 11.9. The monoisotopic (exact) mass is 450 g/mol. The third kappa shape index (κ3) is 3.76. The van der Waals surface area contributed by atoms with Crippen molar-refractivity contribution < 1.29 is 22.7 Å². The molecular weight excluding hydrogens is 433 g/mol. The number of alkyl halides is 3. The van der Waals surface area contributed by atoms with E-state index in [0.29, 0.717) is 11.4 Å². The summed E-state index contributed by atoms with van der Waals surface area (Å²) < 4.78 is 48.1. The average molecular weight is 450 g/mol. The van der Waals surface area contributed by atoms with Gasteiger partial charge in [-0.15, -0.1) is 10.2 Å². The topological polar surface area (TPSA) is 77.0 Å². The molecule has 6 nitrogen and oxygen atoms in total. The molecule has 0 aliphatic heterocycles. The number of nitrogens with zero attached hydrogens (tertiary/aromatic N) is 4. The minimum atomic E-state index is -4.64. The first-order valence-electron chi connectivity index (χ1n) is 10.0. The Balaban J connectivity index is 1.64. The van der Waals surface area contributed by atoms with E-state index in [-0.39, 0.29) is 22.6 Å². The van der Waals surface area contributed by atoms with Crippen molar-refractivity contribution >= 4 is 11.1 Å². The molecule has 0 atom stereocenters. The second-order valence-corrected chi connectivity index (χ2v) is 7.56. The molecule has 0 radical (unpaired) electrons. The molecule has 3 aromatic carbocycles. The fraction of sp³-hybridized carbons (Fsp3) is 0.125. The van der Waals surface area contributed by atoms with Crippen LogP contribution in [0, 0.1) is 0 Å². The summed E-state index contributed by atoms with van der Waals surface area (Å²) in [4.78, 5) is 4.28. The van der Waals surface area contributed by atoms with E-state index in [0.717, 1.165) is 22.8 Å². The highest BCUT2D eigenvalue weighted by Crippen LogP contribution is 2.38. The lowest BCUT2D eigenvalue weighted by Crippen LogP contribution is -2.06. The van der Waals surface area contributed by atoms with Gasteiger partial charge in [0.25, 0.3) is 0 Å². The second-order valence-electron chi connectivity index (χ2n) is 7.56. The Morgan fingerprint density at radius 2 is 1.73 bits per heavy atom. The molecule has 0 unspecified atom stereocenters. The molecule has 2 aromatic heterocycles. The number of aryl methyl sites for hydroxylation is 1. The van der Waals surface area contributed by atoms with Crippen LogP contribution in [0.25, 0.3) is 45.1 Å². The standard InChI is InChI=1S/C24H17F3N4O2/c1-31-13-28-30-22(31)18-8-3-2-7-17(18)15-5-4-6-16(11-15)23-29-20-10-14(12-32)9-19(21(20)33-23)24(25,26)27/h2-11,13,32H,12H2,1H3. The largest absolute Gasteiger partial charge is 0.435 e. The zero-order valence-corrected chi connectivity index (χ0v) is 17.3. The third-order valence-corrected chi connectivity index (χ3v) is 5.34. The SMILES string of the molecule is Cn1cnnc1-c1ccccc1-c1cccc(-c2nc3cc(CO)cc(C(F)(F)F)c3o2)c1. The molecule has 1 N–H and O–H groups in total. The molecule has 166 valence electrons. The molecule has 0 bridgehead atoms. The van der Waals surface area contributed by atoms with E-state index < -0.39 is 18.3 Å². The van der Waals surface area contributed by atoms with E-state index in [9.17, 15) is 18.3 Å². The zero-order valence-electron chi connectivity index (χ0n) is 17.3. The number of fused-ring (bicyclic) bond motifs is 1. The summed E-state index contributed by atoms with van der Waals surface area (Å²) in [7, 11) is 1.85. The molecule has 0 aliphatic rings. The van der Waals surface area contributed by atoms with Crippen molar-refractivity contribution in [3.8, 4) is 34.0 Å². The van der Waals surface area contributed by atoms with E-state index in [1.807, 2.05) is 37.4 Å². The number of hydrogen-bond donors (Lipinski definition) is 1. The summed E-state index contributed by atoms with van der Waals surface area (Å²) in [5.74, 6) is 0.743. The van der Waals surface area contributed by atoms with Gasteiger partial charge in [0.05, 0.1) is 6.61 Å². The predicted molar refractivity (Wildman–Crippen MR) is 116 cm³/mol. The van der Waals surface area contributed by atoms with Crippen LogP contribution in [-0.4, -0.2) is 24.9 Å². The quantitative estimate of drug-likeness (QED) is 0.393. The van der Waals surface area contributed by atoms with Crippen LogP contribution in [-0.2, 0) is 19.8 Å². The van der Waals surface area contributed by atoms with Crippen LogP contribution >= 0.6 is 0 Å². The molecular formula is C24H17F3N4O2. The number of aliphatic hydroxyl groups is 1. The van der Waals surface area contributed by atoms with Gasteiger partial charge in [-0.3, -0.25) is 0 Å². The number of halogens is 3. The molecule has 0 amide bonds. The minimum absolute atomic E-state index is 0.0359. The van der Waals surface area contributed by atoms with Gasteiger partial charge in [-0.1, -0.05) is 36.4 Å². The summed E-state index contributed by atoms with van der Waals surface area (Å²) in [5, 5.41) is 17.5. The molecule has 9 heteroatoms. The maximum Gasteiger partial charge on any atom is 0.420 e. The van der Waals surface area contributed by atoms with E-state index in [4.69, 9.17) is 4.42 Å². The van der Waals surface area contributed by atoms with Crippen LogP contribution < -0.4 is 0 Å². The van der Waals surface area contributed by atoms with Gasteiger partial charge < -0.3 is 14.1 Å². The summed E-state index contributed by atoms with van der Waals surface area (Å²) >= 11 is 0. The van der Waals surface area contributed by atoms with Crippen LogP contribution in [0.15, 0.2) is 71.4 Å². The van der Waals surface area contributed by atoms with Gasteiger partial charge in [0.2, 0.25) is 5.89 Å². The van der Waals surface area contributed by atoms with Crippen molar-refractivity contribution in [1.82, 2.24) is 19.7 Å². The zero-order chi connectivity index (χ0) is 23.2. The first-order valence-corrected chi connectivity index (χ1v) is 10.0. The van der Waals surface area contributed by atoms with Gasteiger partial charge in [0.15, 0.2) is 11.4 Å². The predicted octanol–water partition coefficient (Wildman–Crippen LogP) is 5.47. The molecule has 0 spiro atoms. The van der Waals surface area contributed by atoms with E-state index in [2.05, 4.69) is 15.2 Å². The van der Waals surface area contributed by atoms with Crippen molar-refractivity contribution in [2.75, 3.05) is 0 Å². The van der Waals surface area contributed by atoms with Gasteiger partial charge >= 0.3 is 6.18 Å². The Morgan fingerprint density at radius 1 is 0.970 bits per heavy atom. The molecule has 5 aromatic rings. The number of oxazole rings is 1. The maximum absolute atomic E-state index is 13.6. The number of aliphatic hydroxyl groups excluding tert-OH is 1. The molecule has 0 saturated carbocycles. The average Bonchev–Trinajstić information content (AvgIpc) is 3.43. The molecule has 33 heavy (non-hydrogen) atoms. The maximum atomic E-state index is 13.6. The second kappa shape index (κ2) is 7.86. The molecule has 0 aliphatic carbocycles. The van der Waals surface area contributed by atoms with Crippen LogP contribution in [0.3, 0.4) is 0 Å². The Morgan fingerprint density at radius 3 is 2.42 bits per heavy atom. The van der Waals surface area contributed by atoms with Gasteiger partial charge in [-0.05, 0) is 41.0 Å². The number of rotatable bonds is 4. The first kappa shape index (κ1) is 20.9. The molecule has 0 saturated heterocycles. The summed E-state index contributed by atoms with van der Waals surface area (Å²) in [6.45, 7) is -0.532. The Bertz CT molecular complexity index is 1470. The Hall–Kier alpha value is -3.98. The van der Waals surface area contributed by atoms with E-state index in [1.54, 1.807) is 29.1 Å². The molecule has 5 rings (SSSR count).